The predicted molar refractivity (Wildman–Crippen MR) is 87.5 cm³/mol. The normalized spacial score (nSPS) is 11.3. The highest BCUT2D eigenvalue weighted by atomic mass is 16.5. The molecule has 0 saturated carbocycles. The van der Waals surface area contributed by atoms with E-state index in [4.69, 9.17) is 9.72 Å². The van der Waals surface area contributed by atoms with E-state index in [2.05, 4.69) is 34.2 Å². The molecule has 3 heterocycles. The van der Waals surface area contributed by atoms with E-state index in [1.54, 1.807) is 13.2 Å². The van der Waals surface area contributed by atoms with Gasteiger partial charge < -0.3 is 4.74 Å². The first-order valence-electron chi connectivity index (χ1n) is 7.31. The minimum atomic E-state index is 0.536. The Bertz CT molecular complexity index is 1040. The number of pyridine rings is 1. The van der Waals surface area contributed by atoms with Crippen molar-refractivity contribution in [3.05, 3.63) is 47.7 Å². The quantitative estimate of drug-likeness (QED) is 0.569. The van der Waals surface area contributed by atoms with Gasteiger partial charge in [0.05, 0.1) is 12.8 Å². The molecule has 6 heteroatoms. The van der Waals surface area contributed by atoms with Gasteiger partial charge in [0.1, 0.15) is 11.3 Å². The molecule has 0 atom stereocenters. The van der Waals surface area contributed by atoms with Crippen LogP contribution in [-0.2, 0) is 0 Å². The molecule has 0 saturated heterocycles. The molecule has 0 aliphatic rings. The van der Waals surface area contributed by atoms with Gasteiger partial charge in [0.2, 0.25) is 5.88 Å². The lowest BCUT2D eigenvalue weighted by atomic mass is 10.1. The fraction of sp³-hybridized carbons (Fsp3) is 0.176. The van der Waals surface area contributed by atoms with Gasteiger partial charge in [0.15, 0.2) is 11.3 Å². The zero-order chi connectivity index (χ0) is 16.0. The van der Waals surface area contributed by atoms with Crippen molar-refractivity contribution in [2.45, 2.75) is 13.8 Å². The summed E-state index contributed by atoms with van der Waals surface area (Å²) in [5.74, 6) is 1.35. The molecule has 6 nitrogen and oxygen atoms in total. The van der Waals surface area contributed by atoms with E-state index in [0.29, 0.717) is 22.7 Å². The Morgan fingerprint density at radius 1 is 0.913 bits per heavy atom. The Morgan fingerprint density at radius 3 is 2.52 bits per heavy atom. The second-order valence-corrected chi connectivity index (χ2v) is 5.39. The molecular weight excluding hydrogens is 290 g/mol. The summed E-state index contributed by atoms with van der Waals surface area (Å²) < 4.78 is 7.20. The number of imidazole rings is 1. The molecule has 114 valence electrons. The number of aromatic nitrogens is 5. The summed E-state index contributed by atoms with van der Waals surface area (Å²) in [6.45, 7) is 3.99. The van der Waals surface area contributed by atoms with Crippen LogP contribution in [0.4, 0.5) is 0 Å². The highest BCUT2D eigenvalue weighted by Gasteiger charge is 2.17. The fourth-order valence-electron chi connectivity index (χ4n) is 2.72. The van der Waals surface area contributed by atoms with Crippen LogP contribution < -0.4 is 4.74 Å². The van der Waals surface area contributed by atoms with Crippen molar-refractivity contribution in [2.75, 3.05) is 7.11 Å². The Balaban J connectivity index is 2.16. The van der Waals surface area contributed by atoms with Crippen LogP contribution in [0.1, 0.15) is 11.3 Å². The zero-order valence-electron chi connectivity index (χ0n) is 13.1. The van der Waals surface area contributed by atoms with E-state index in [9.17, 15) is 0 Å². The molecule has 0 spiro atoms. The van der Waals surface area contributed by atoms with Gasteiger partial charge in [-0.2, -0.15) is 4.98 Å². The van der Waals surface area contributed by atoms with Crippen molar-refractivity contribution in [1.82, 2.24) is 24.6 Å². The molecule has 0 N–H and O–H groups in total. The van der Waals surface area contributed by atoms with Crippen molar-refractivity contribution in [3.8, 4) is 17.3 Å². The van der Waals surface area contributed by atoms with Gasteiger partial charge in [-0.15, -0.1) is 10.2 Å². The maximum atomic E-state index is 5.25. The third-order valence-corrected chi connectivity index (χ3v) is 3.91. The number of aryl methyl sites for hydroxylation is 2. The van der Waals surface area contributed by atoms with Crippen molar-refractivity contribution in [2.24, 2.45) is 0 Å². The zero-order valence-corrected chi connectivity index (χ0v) is 13.1. The summed E-state index contributed by atoms with van der Waals surface area (Å²) in [5.41, 5.74) is 5.11. The van der Waals surface area contributed by atoms with E-state index < -0.39 is 0 Å². The number of fused-ring (bicyclic) bond motifs is 3. The maximum Gasteiger partial charge on any atom is 0.215 e. The molecule has 0 fully saturated rings. The van der Waals surface area contributed by atoms with Crippen molar-refractivity contribution in [3.63, 3.8) is 0 Å². The van der Waals surface area contributed by atoms with Gasteiger partial charge in [0, 0.05) is 11.6 Å². The molecule has 0 aliphatic heterocycles. The van der Waals surface area contributed by atoms with Crippen molar-refractivity contribution < 1.29 is 4.74 Å². The van der Waals surface area contributed by atoms with Crippen LogP contribution in [0.3, 0.4) is 0 Å². The number of ether oxygens (including phenoxy) is 1. The van der Waals surface area contributed by atoms with Gasteiger partial charge in [-0.3, -0.25) is 4.40 Å². The molecule has 1 aromatic carbocycles. The van der Waals surface area contributed by atoms with Gasteiger partial charge in [0.25, 0.3) is 0 Å². The lowest BCUT2D eigenvalue weighted by Gasteiger charge is -2.07. The Morgan fingerprint density at radius 2 is 1.74 bits per heavy atom. The Kier molecular flexibility index (Phi) is 2.97. The first-order chi connectivity index (χ1) is 11.2. The molecule has 0 aliphatic carbocycles. The number of benzene rings is 1. The summed E-state index contributed by atoms with van der Waals surface area (Å²) >= 11 is 0. The first kappa shape index (κ1) is 13.6. The Labute approximate surface area is 132 Å². The Hall–Kier alpha value is -3.02. The highest BCUT2D eigenvalue weighted by molar-refractivity contribution is 5.78. The van der Waals surface area contributed by atoms with Crippen LogP contribution in [-0.4, -0.2) is 31.7 Å². The molecule has 0 unspecified atom stereocenters. The van der Waals surface area contributed by atoms with E-state index in [1.165, 1.54) is 0 Å². The summed E-state index contributed by atoms with van der Waals surface area (Å²) in [5, 5.41) is 8.56. The van der Waals surface area contributed by atoms with Gasteiger partial charge in [-0.1, -0.05) is 24.3 Å². The summed E-state index contributed by atoms with van der Waals surface area (Å²) in [6.07, 6.45) is 0. The average molecular weight is 305 g/mol. The largest absolute Gasteiger partial charge is 0.481 e. The number of methoxy groups -OCH3 is 1. The number of hydrogen-bond donors (Lipinski definition) is 0. The number of rotatable bonds is 2. The molecule has 3 aromatic heterocycles. The molecule has 0 radical (unpaired) electrons. The topological polar surface area (TPSA) is 65.2 Å². The molecule has 23 heavy (non-hydrogen) atoms. The molecule has 0 bridgehead atoms. The smallest absolute Gasteiger partial charge is 0.215 e. The lowest BCUT2D eigenvalue weighted by molar-refractivity contribution is 0.399. The van der Waals surface area contributed by atoms with Crippen LogP contribution in [0.5, 0.6) is 5.88 Å². The van der Waals surface area contributed by atoms with Gasteiger partial charge >= 0.3 is 0 Å². The average Bonchev–Trinajstić information content (AvgIpc) is 2.92. The molecule has 0 amide bonds. The van der Waals surface area contributed by atoms with Crippen LogP contribution in [0.15, 0.2) is 36.4 Å². The summed E-state index contributed by atoms with van der Waals surface area (Å²) in [7, 11) is 1.60. The molecule has 4 rings (SSSR count). The van der Waals surface area contributed by atoms with Gasteiger partial charge in [-0.05, 0) is 25.5 Å². The van der Waals surface area contributed by atoms with E-state index >= 15 is 0 Å². The maximum absolute atomic E-state index is 5.25. The second-order valence-electron chi connectivity index (χ2n) is 5.39. The molecular formula is C17H15N5O. The minimum absolute atomic E-state index is 0.536. The predicted octanol–water partition coefficient (Wildman–Crippen LogP) is 2.96. The van der Waals surface area contributed by atoms with Crippen LogP contribution in [0.25, 0.3) is 28.2 Å². The van der Waals surface area contributed by atoms with Crippen LogP contribution in [0.2, 0.25) is 0 Å². The fourth-order valence-corrected chi connectivity index (χ4v) is 2.72. The van der Waals surface area contributed by atoms with E-state index in [-0.39, 0.29) is 0 Å². The third kappa shape index (κ3) is 2.03. The summed E-state index contributed by atoms with van der Waals surface area (Å²) in [4.78, 5) is 9.26. The van der Waals surface area contributed by atoms with Gasteiger partial charge in [-0.25, -0.2) is 4.98 Å². The standard InChI is InChI=1S/C17H15N5O/c1-10-6-4-5-7-12(10)16-18-11(2)15-21-20-13-8-9-14(23-3)19-17(13)22(15)16/h4-9H,1-3H3. The minimum Gasteiger partial charge on any atom is -0.481 e. The van der Waals surface area contributed by atoms with E-state index in [0.717, 1.165) is 22.6 Å². The third-order valence-electron chi connectivity index (χ3n) is 3.91. The summed E-state index contributed by atoms with van der Waals surface area (Å²) in [6, 6.07) is 11.8. The number of hydrogen-bond acceptors (Lipinski definition) is 5. The van der Waals surface area contributed by atoms with Crippen molar-refractivity contribution >= 4 is 16.8 Å². The van der Waals surface area contributed by atoms with Crippen LogP contribution in [0, 0.1) is 13.8 Å². The molecule has 4 aromatic rings. The lowest BCUT2D eigenvalue weighted by Crippen LogP contribution is -2.01. The van der Waals surface area contributed by atoms with Crippen molar-refractivity contribution in [1.29, 1.82) is 0 Å². The second kappa shape index (κ2) is 5.01. The van der Waals surface area contributed by atoms with E-state index in [1.807, 2.05) is 29.5 Å². The first-order valence-corrected chi connectivity index (χ1v) is 7.31. The van der Waals surface area contributed by atoms with Crippen LogP contribution >= 0.6 is 0 Å². The number of nitrogens with zero attached hydrogens (tertiary/aromatic N) is 5. The monoisotopic (exact) mass is 305 g/mol. The highest BCUT2D eigenvalue weighted by Crippen LogP contribution is 2.27. The SMILES string of the molecule is COc1ccc2nnc3c(C)nc(-c4ccccc4C)n3c2n1.